The third-order valence-corrected chi connectivity index (χ3v) is 3.00. The molecule has 84 valence electrons. The summed E-state index contributed by atoms with van der Waals surface area (Å²) in [5.41, 5.74) is 8.41. The van der Waals surface area contributed by atoms with E-state index in [9.17, 15) is 8.42 Å². The quantitative estimate of drug-likeness (QED) is 0.763. The Balaban J connectivity index is 3.00. The van der Waals surface area contributed by atoms with Crippen LogP contribution in [0.2, 0.25) is 0 Å². The smallest absolute Gasteiger partial charge is 0.266 e. The van der Waals surface area contributed by atoms with Crippen molar-refractivity contribution >= 4 is 10.1 Å². The molecule has 1 aromatic rings. The van der Waals surface area contributed by atoms with Gasteiger partial charge in [0.05, 0.1) is 5.75 Å². The molecule has 0 radical (unpaired) electrons. The summed E-state index contributed by atoms with van der Waals surface area (Å²) in [5, 5.41) is 0. The van der Waals surface area contributed by atoms with E-state index in [2.05, 4.69) is 0 Å². The van der Waals surface area contributed by atoms with Crippen LogP contribution in [0.1, 0.15) is 22.7 Å². The van der Waals surface area contributed by atoms with Crippen molar-refractivity contribution in [2.24, 2.45) is 5.73 Å². The van der Waals surface area contributed by atoms with Crippen molar-refractivity contribution in [1.29, 1.82) is 0 Å². The summed E-state index contributed by atoms with van der Waals surface area (Å²) in [7, 11) is -4.03. The Morgan fingerprint density at radius 2 is 2.00 bits per heavy atom. The standard InChI is InChI=1S/C10H15NO3S/c1-7-3-4-8(2)9(5-7)10(11)6-15(12,13)14/h3-5,10H,6,11H2,1-2H3,(H,12,13,14). The minimum absolute atomic E-state index is 0.447. The molecule has 0 bridgehead atoms. The molecule has 0 aliphatic carbocycles. The van der Waals surface area contributed by atoms with Crippen molar-refractivity contribution in [3.8, 4) is 0 Å². The van der Waals surface area contributed by atoms with Gasteiger partial charge in [-0.1, -0.05) is 23.8 Å². The van der Waals surface area contributed by atoms with Crippen LogP contribution in [0.4, 0.5) is 0 Å². The highest BCUT2D eigenvalue weighted by atomic mass is 32.2. The van der Waals surface area contributed by atoms with E-state index in [0.29, 0.717) is 0 Å². The molecule has 0 amide bonds. The fourth-order valence-electron chi connectivity index (χ4n) is 1.48. The highest BCUT2D eigenvalue weighted by molar-refractivity contribution is 7.85. The monoisotopic (exact) mass is 229 g/mol. The van der Waals surface area contributed by atoms with Gasteiger partial charge in [0.15, 0.2) is 0 Å². The first kappa shape index (κ1) is 12.2. The molecule has 0 aliphatic rings. The van der Waals surface area contributed by atoms with Crippen LogP contribution in [0.3, 0.4) is 0 Å². The number of rotatable bonds is 3. The van der Waals surface area contributed by atoms with Crippen molar-refractivity contribution in [2.45, 2.75) is 19.9 Å². The summed E-state index contributed by atoms with van der Waals surface area (Å²) >= 11 is 0. The van der Waals surface area contributed by atoms with Crippen LogP contribution in [-0.4, -0.2) is 18.7 Å². The van der Waals surface area contributed by atoms with E-state index in [1.54, 1.807) is 0 Å². The molecule has 1 rings (SSSR count). The Labute approximate surface area is 89.9 Å². The van der Waals surface area contributed by atoms with E-state index in [4.69, 9.17) is 10.3 Å². The van der Waals surface area contributed by atoms with Gasteiger partial charge in [-0.25, -0.2) is 0 Å². The number of benzene rings is 1. The van der Waals surface area contributed by atoms with Crippen molar-refractivity contribution in [2.75, 3.05) is 5.75 Å². The number of hydrogen-bond acceptors (Lipinski definition) is 3. The minimum Gasteiger partial charge on any atom is -0.323 e. The summed E-state index contributed by atoms with van der Waals surface area (Å²) in [6.07, 6.45) is 0. The van der Waals surface area contributed by atoms with Gasteiger partial charge >= 0.3 is 0 Å². The molecule has 4 nitrogen and oxygen atoms in total. The lowest BCUT2D eigenvalue weighted by atomic mass is 10.0. The fourth-order valence-corrected chi connectivity index (χ4v) is 2.11. The van der Waals surface area contributed by atoms with Gasteiger partial charge in [-0.05, 0) is 25.0 Å². The highest BCUT2D eigenvalue weighted by Gasteiger charge is 2.16. The Hall–Kier alpha value is -0.910. The zero-order chi connectivity index (χ0) is 11.6. The van der Waals surface area contributed by atoms with Crippen LogP contribution >= 0.6 is 0 Å². The lowest BCUT2D eigenvalue weighted by Crippen LogP contribution is -2.22. The Bertz CT molecular complexity index is 454. The van der Waals surface area contributed by atoms with Crippen molar-refractivity contribution in [3.05, 3.63) is 34.9 Å². The maximum atomic E-state index is 10.7. The van der Waals surface area contributed by atoms with Gasteiger partial charge in [-0.3, -0.25) is 4.55 Å². The molecular weight excluding hydrogens is 214 g/mol. The van der Waals surface area contributed by atoms with Crippen molar-refractivity contribution in [3.63, 3.8) is 0 Å². The minimum atomic E-state index is -4.03. The first-order valence-corrected chi connectivity index (χ1v) is 6.18. The highest BCUT2D eigenvalue weighted by Crippen LogP contribution is 2.18. The van der Waals surface area contributed by atoms with Gasteiger partial charge < -0.3 is 5.73 Å². The summed E-state index contributed by atoms with van der Waals surface area (Å²) in [5.74, 6) is -0.447. The fraction of sp³-hybridized carbons (Fsp3) is 0.400. The molecule has 0 fully saturated rings. The molecule has 1 unspecified atom stereocenters. The number of hydrogen-bond donors (Lipinski definition) is 2. The van der Waals surface area contributed by atoms with E-state index in [1.165, 1.54) is 0 Å². The largest absolute Gasteiger partial charge is 0.323 e. The second kappa shape index (κ2) is 4.30. The molecule has 0 spiro atoms. The Morgan fingerprint density at radius 1 is 1.40 bits per heavy atom. The normalized spacial score (nSPS) is 13.9. The average molecular weight is 229 g/mol. The molecule has 5 heteroatoms. The Morgan fingerprint density at radius 3 is 2.53 bits per heavy atom. The predicted octanol–water partition coefficient (Wildman–Crippen LogP) is 1.19. The molecule has 0 saturated carbocycles. The molecule has 1 aromatic carbocycles. The second-order valence-corrected chi connectivity index (χ2v) is 5.21. The molecular formula is C10H15NO3S. The van der Waals surface area contributed by atoms with E-state index >= 15 is 0 Å². The molecule has 0 saturated heterocycles. The van der Waals surface area contributed by atoms with Crippen molar-refractivity contribution in [1.82, 2.24) is 0 Å². The van der Waals surface area contributed by atoms with Crippen LogP contribution in [0.5, 0.6) is 0 Å². The van der Waals surface area contributed by atoms with Crippen LogP contribution < -0.4 is 5.73 Å². The van der Waals surface area contributed by atoms with E-state index in [0.717, 1.165) is 16.7 Å². The molecule has 3 N–H and O–H groups in total. The molecule has 0 aliphatic heterocycles. The second-order valence-electron chi connectivity index (χ2n) is 3.72. The van der Waals surface area contributed by atoms with E-state index < -0.39 is 21.9 Å². The molecule has 15 heavy (non-hydrogen) atoms. The maximum Gasteiger partial charge on any atom is 0.266 e. The topological polar surface area (TPSA) is 80.4 Å². The van der Waals surface area contributed by atoms with E-state index in [1.807, 2.05) is 32.0 Å². The van der Waals surface area contributed by atoms with Gasteiger partial charge in [0.2, 0.25) is 0 Å². The maximum absolute atomic E-state index is 10.7. The zero-order valence-corrected chi connectivity index (χ0v) is 9.58. The SMILES string of the molecule is Cc1ccc(C)c(C(N)CS(=O)(=O)O)c1. The zero-order valence-electron chi connectivity index (χ0n) is 8.77. The van der Waals surface area contributed by atoms with Crippen LogP contribution in [0.15, 0.2) is 18.2 Å². The molecule has 0 heterocycles. The van der Waals surface area contributed by atoms with Gasteiger partial charge in [0.25, 0.3) is 10.1 Å². The average Bonchev–Trinajstić information content (AvgIpc) is 2.06. The Kier molecular flexibility index (Phi) is 3.49. The molecule has 1 atom stereocenters. The van der Waals surface area contributed by atoms with Gasteiger partial charge in [-0.2, -0.15) is 8.42 Å². The van der Waals surface area contributed by atoms with Crippen LogP contribution in [0, 0.1) is 13.8 Å². The summed E-state index contributed by atoms with van der Waals surface area (Å²) in [6.45, 7) is 3.77. The summed E-state index contributed by atoms with van der Waals surface area (Å²) in [4.78, 5) is 0. The van der Waals surface area contributed by atoms with E-state index in [-0.39, 0.29) is 0 Å². The summed E-state index contributed by atoms with van der Waals surface area (Å²) < 4.78 is 30.1. The lowest BCUT2D eigenvalue weighted by molar-refractivity contribution is 0.477. The van der Waals surface area contributed by atoms with Gasteiger partial charge in [0.1, 0.15) is 0 Å². The van der Waals surface area contributed by atoms with Crippen molar-refractivity contribution < 1.29 is 13.0 Å². The van der Waals surface area contributed by atoms with Crippen LogP contribution in [0.25, 0.3) is 0 Å². The van der Waals surface area contributed by atoms with Gasteiger partial charge in [0, 0.05) is 6.04 Å². The third kappa shape index (κ3) is 3.62. The predicted molar refractivity (Wildman–Crippen MR) is 59.3 cm³/mol. The lowest BCUT2D eigenvalue weighted by Gasteiger charge is -2.13. The first-order chi connectivity index (χ1) is 6.79. The summed E-state index contributed by atoms with van der Waals surface area (Å²) in [6, 6.07) is 4.97. The third-order valence-electron chi connectivity index (χ3n) is 2.22. The number of nitrogens with two attached hydrogens (primary N) is 1. The van der Waals surface area contributed by atoms with Crippen LogP contribution in [-0.2, 0) is 10.1 Å². The van der Waals surface area contributed by atoms with Gasteiger partial charge in [-0.15, -0.1) is 0 Å². The first-order valence-electron chi connectivity index (χ1n) is 4.57. The number of aryl methyl sites for hydroxylation is 2. The molecule has 0 aromatic heterocycles.